The molecule has 0 radical (unpaired) electrons. The van der Waals surface area contributed by atoms with Crippen molar-refractivity contribution in [3.8, 4) is 5.75 Å². The fourth-order valence-corrected chi connectivity index (χ4v) is 3.24. The summed E-state index contributed by atoms with van der Waals surface area (Å²) >= 11 is 0. The maximum absolute atomic E-state index is 13.8. The lowest BCUT2D eigenvalue weighted by Gasteiger charge is -2.37. The highest BCUT2D eigenvalue weighted by Gasteiger charge is 2.28. The van der Waals surface area contributed by atoms with E-state index in [1.165, 1.54) is 32.8 Å². The second kappa shape index (κ2) is 6.13. The zero-order valence-corrected chi connectivity index (χ0v) is 13.0. The van der Waals surface area contributed by atoms with Gasteiger partial charge in [-0.05, 0) is 49.3 Å². The molecule has 1 aromatic rings. The molecule has 1 aromatic carbocycles. The molecule has 0 heterocycles. The van der Waals surface area contributed by atoms with Gasteiger partial charge >= 0.3 is 0 Å². The zero-order chi connectivity index (χ0) is 14.8. The van der Waals surface area contributed by atoms with Gasteiger partial charge in [-0.1, -0.05) is 26.3 Å². The number of benzene rings is 1. The molecular formula is C17H26FNO. The monoisotopic (exact) mass is 279 g/mol. The fraction of sp³-hybridized carbons (Fsp3) is 0.647. The van der Waals surface area contributed by atoms with Crippen LogP contribution in [0.4, 0.5) is 4.39 Å². The third-order valence-corrected chi connectivity index (χ3v) is 4.37. The maximum atomic E-state index is 13.8. The summed E-state index contributed by atoms with van der Waals surface area (Å²) in [7, 11) is 1.49. The van der Waals surface area contributed by atoms with Crippen molar-refractivity contribution in [1.82, 2.24) is 5.32 Å². The van der Waals surface area contributed by atoms with Gasteiger partial charge in [0.2, 0.25) is 0 Å². The van der Waals surface area contributed by atoms with E-state index in [0.29, 0.717) is 17.2 Å². The average Bonchev–Trinajstić information content (AvgIpc) is 2.37. The smallest absolute Gasteiger partial charge is 0.165 e. The van der Waals surface area contributed by atoms with Gasteiger partial charge in [0.05, 0.1) is 7.11 Å². The lowest BCUT2D eigenvalue weighted by Crippen LogP contribution is -2.38. The summed E-state index contributed by atoms with van der Waals surface area (Å²) in [5.74, 6) is 0.0161. The first-order chi connectivity index (χ1) is 9.41. The van der Waals surface area contributed by atoms with Crippen molar-refractivity contribution in [3.05, 3.63) is 29.6 Å². The van der Waals surface area contributed by atoms with Crippen LogP contribution in [0.1, 0.15) is 58.1 Å². The predicted molar refractivity (Wildman–Crippen MR) is 80.5 cm³/mol. The third-order valence-electron chi connectivity index (χ3n) is 4.37. The SMILES string of the molecule is COc1ccc(C(C)NC2CCCC(C)(C)C2)cc1F. The number of hydrogen-bond donors (Lipinski definition) is 1. The normalized spacial score (nSPS) is 23.4. The van der Waals surface area contributed by atoms with Crippen molar-refractivity contribution in [2.45, 2.75) is 58.5 Å². The Morgan fingerprint density at radius 2 is 2.15 bits per heavy atom. The van der Waals surface area contributed by atoms with Gasteiger partial charge < -0.3 is 10.1 Å². The van der Waals surface area contributed by atoms with Gasteiger partial charge in [0.15, 0.2) is 11.6 Å². The van der Waals surface area contributed by atoms with Crippen LogP contribution < -0.4 is 10.1 Å². The standard InChI is InChI=1S/C17H26FNO/c1-12(13-7-8-16(20-4)15(18)10-13)19-14-6-5-9-17(2,3)11-14/h7-8,10,12,14,19H,5-6,9,11H2,1-4H3. The first-order valence-corrected chi connectivity index (χ1v) is 7.51. The van der Waals surface area contributed by atoms with Crippen LogP contribution in [0, 0.1) is 11.2 Å². The lowest BCUT2D eigenvalue weighted by atomic mass is 9.75. The summed E-state index contributed by atoms with van der Waals surface area (Å²) < 4.78 is 18.7. The van der Waals surface area contributed by atoms with Crippen molar-refractivity contribution in [1.29, 1.82) is 0 Å². The topological polar surface area (TPSA) is 21.3 Å². The minimum absolute atomic E-state index is 0.161. The number of rotatable bonds is 4. The van der Waals surface area contributed by atoms with Crippen molar-refractivity contribution >= 4 is 0 Å². The van der Waals surface area contributed by atoms with Crippen molar-refractivity contribution in [2.24, 2.45) is 5.41 Å². The Balaban J connectivity index is 2.01. The van der Waals surface area contributed by atoms with Gasteiger partial charge in [-0.2, -0.15) is 0 Å². The van der Waals surface area contributed by atoms with Crippen LogP contribution in [0.25, 0.3) is 0 Å². The summed E-state index contributed by atoms with van der Waals surface area (Å²) in [6, 6.07) is 5.90. The van der Waals surface area contributed by atoms with Gasteiger partial charge in [-0.25, -0.2) is 4.39 Å². The van der Waals surface area contributed by atoms with Crippen LogP contribution in [-0.2, 0) is 0 Å². The number of ether oxygens (including phenoxy) is 1. The molecule has 1 aliphatic rings. The molecule has 3 heteroatoms. The molecule has 0 aromatic heterocycles. The Kier molecular flexibility index (Phi) is 4.69. The Morgan fingerprint density at radius 3 is 2.75 bits per heavy atom. The summed E-state index contributed by atoms with van der Waals surface area (Å²) in [6.07, 6.45) is 4.98. The van der Waals surface area contributed by atoms with Crippen molar-refractivity contribution < 1.29 is 9.13 Å². The Morgan fingerprint density at radius 1 is 1.40 bits per heavy atom. The van der Waals surface area contributed by atoms with E-state index in [9.17, 15) is 4.39 Å². The van der Waals surface area contributed by atoms with Crippen LogP contribution in [-0.4, -0.2) is 13.2 Å². The van der Waals surface area contributed by atoms with Gasteiger partial charge in [0, 0.05) is 12.1 Å². The number of hydrogen-bond acceptors (Lipinski definition) is 2. The lowest BCUT2D eigenvalue weighted by molar-refractivity contribution is 0.191. The first kappa shape index (κ1) is 15.3. The first-order valence-electron chi connectivity index (χ1n) is 7.51. The van der Waals surface area contributed by atoms with E-state index in [1.807, 2.05) is 6.07 Å². The van der Waals surface area contributed by atoms with Gasteiger partial charge in [-0.3, -0.25) is 0 Å². The molecule has 0 amide bonds. The number of methoxy groups -OCH3 is 1. The van der Waals surface area contributed by atoms with Crippen LogP contribution >= 0.6 is 0 Å². The minimum atomic E-state index is -0.289. The summed E-state index contributed by atoms with van der Waals surface area (Å²) in [5, 5.41) is 3.65. The predicted octanol–water partition coefficient (Wildman–Crippen LogP) is 4.45. The number of nitrogens with one attached hydrogen (secondary N) is 1. The summed E-state index contributed by atoms with van der Waals surface area (Å²) in [6.45, 7) is 6.76. The molecule has 1 aliphatic carbocycles. The molecule has 2 nitrogen and oxygen atoms in total. The van der Waals surface area contributed by atoms with Crippen molar-refractivity contribution in [3.63, 3.8) is 0 Å². The van der Waals surface area contributed by atoms with Crippen molar-refractivity contribution in [2.75, 3.05) is 7.11 Å². The second-order valence-electron chi connectivity index (χ2n) is 6.74. The zero-order valence-electron chi connectivity index (χ0n) is 13.0. The summed E-state index contributed by atoms with van der Waals surface area (Å²) in [4.78, 5) is 0. The average molecular weight is 279 g/mol. The molecule has 1 N–H and O–H groups in total. The highest BCUT2D eigenvalue weighted by Crippen LogP contribution is 2.36. The van der Waals surface area contributed by atoms with Gasteiger partial charge in [0.25, 0.3) is 0 Å². The molecule has 2 rings (SSSR count). The molecule has 112 valence electrons. The van der Waals surface area contributed by atoms with Crippen LogP contribution in [0.15, 0.2) is 18.2 Å². The van der Waals surface area contributed by atoms with E-state index in [1.54, 1.807) is 12.1 Å². The van der Waals surface area contributed by atoms with E-state index in [-0.39, 0.29) is 11.9 Å². The molecular weight excluding hydrogens is 253 g/mol. The van der Waals surface area contributed by atoms with Crippen LogP contribution in [0.2, 0.25) is 0 Å². The molecule has 0 spiro atoms. The molecule has 0 saturated heterocycles. The fourth-order valence-electron chi connectivity index (χ4n) is 3.24. The largest absolute Gasteiger partial charge is 0.494 e. The molecule has 20 heavy (non-hydrogen) atoms. The Bertz CT molecular complexity index is 458. The van der Waals surface area contributed by atoms with Gasteiger partial charge in [0.1, 0.15) is 0 Å². The maximum Gasteiger partial charge on any atom is 0.165 e. The molecule has 2 atom stereocenters. The summed E-state index contributed by atoms with van der Waals surface area (Å²) in [5.41, 5.74) is 1.40. The van der Waals surface area contributed by atoms with E-state index >= 15 is 0 Å². The van der Waals surface area contributed by atoms with Gasteiger partial charge in [-0.15, -0.1) is 0 Å². The molecule has 0 bridgehead atoms. The van der Waals surface area contributed by atoms with Crippen LogP contribution in [0.3, 0.4) is 0 Å². The molecule has 1 fully saturated rings. The quantitative estimate of drug-likeness (QED) is 0.879. The third kappa shape index (κ3) is 3.72. The van der Waals surface area contributed by atoms with E-state index in [4.69, 9.17) is 4.74 Å². The highest BCUT2D eigenvalue weighted by atomic mass is 19.1. The van der Waals surface area contributed by atoms with Crippen LogP contribution in [0.5, 0.6) is 5.75 Å². The molecule has 1 saturated carbocycles. The minimum Gasteiger partial charge on any atom is -0.494 e. The Labute approximate surface area is 121 Å². The highest BCUT2D eigenvalue weighted by molar-refractivity contribution is 5.30. The van der Waals surface area contributed by atoms with E-state index in [2.05, 4.69) is 26.1 Å². The second-order valence-corrected chi connectivity index (χ2v) is 6.74. The molecule has 0 aliphatic heterocycles. The Hall–Kier alpha value is -1.09. The van der Waals surface area contributed by atoms with E-state index in [0.717, 1.165) is 5.56 Å². The van der Waals surface area contributed by atoms with E-state index < -0.39 is 0 Å². The molecule has 2 unspecified atom stereocenters. The number of halogens is 1.